The summed E-state index contributed by atoms with van der Waals surface area (Å²) >= 11 is 3.50. The number of halogens is 3. The minimum Gasteiger partial charge on any atom is -0.374 e. The largest absolute Gasteiger partial charge is 0.374 e. The first kappa shape index (κ1) is 22.4. The van der Waals surface area contributed by atoms with Crippen LogP contribution in [0.25, 0.3) is 0 Å². The molecule has 0 saturated carbocycles. The molecule has 29 heavy (non-hydrogen) atoms. The molecule has 7 heteroatoms. The lowest BCUT2D eigenvalue weighted by atomic mass is 9.95. The average Bonchev–Trinajstić information content (AvgIpc) is 2.98. The van der Waals surface area contributed by atoms with Crippen molar-refractivity contribution in [1.82, 2.24) is 9.80 Å². The van der Waals surface area contributed by atoms with Gasteiger partial charge in [0.05, 0.1) is 6.54 Å². The van der Waals surface area contributed by atoms with Gasteiger partial charge < -0.3 is 5.11 Å². The number of likely N-dealkylation sites (tertiary alicyclic amines) is 1. The van der Waals surface area contributed by atoms with Crippen molar-refractivity contribution in [2.24, 2.45) is 5.92 Å². The molecule has 4 rings (SSSR count). The van der Waals surface area contributed by atoms with Crippen LogP contribution >= 0.6 is 28.3 Å². The van der Waals surface area contributed by atoms with E-state index in [1.54, 1.807) is 12.1 Å². The zero-order chi connectivity index (χ0) is 19.7. The van der Waals surface area contributed by atoms with Gasteiger partial charge in [-0.05, 0) is 79.4 Å². The third-order valence-electron chi connectivity index (χ3n) is 5.84. The van der Waals surface area contributed by atoms with E-state index in [-0.39, 0.29) is 24.0 Å². The summed E-state index contributed by atoms with van der Waals surface area (Å²) in [4.78, 5) is 16.7. The molecular formula is C22H25BrClFN2O2. The van der Waals surface area contributed by atoms with Gasteiger partial charge in [0.15, 0.2) is 5.78 Å². The molecule has 0 spiro atoms. The maximum Gasteiger partial charge on any atom is 0.176 e. The second-order valence-electron chi connectivity index (χ2n) is 7.80. The molecule has 1 fully saturated rings. The first-order valence-corrected chi connectivity index (χ1v) is 10.5. The molecule has 0 amide bonds. The highest BCUT2D eigenvalue weighted by Crippen LogP contribution is 2.35. The van der Waals surface area contributed by atoms with E-state index in [0.717, 1.165) is 49.1 Å². The summed E-state index contributed by atoms with van der Waals surface area (Å²) in [5, 5.41) is 10.6. The van der Waals surface area contributed by atoms with Gasteiger partial charge in [-0.15, -0.1) is 12.4 Å². The topological polar surface area (TPSA) is 43.8 Å². The molecule has 2 aliphatic heterocycles. The number of aliphatic hydroxyl groups is 1. The van der Waals surface area contributed by atoms with Gasteiger partial charge in [-0.3, -0.25) is 14.6 Å². The van der Waals surface area contributed by atoms with Crippen LogP contribution in [0.2, 0.25) is 0 Å². The maximum atomic E-state index is 13.0. The molecule has 0 aromatic heterocycles. The minimum atomic E-state index is -0.527. The van der Waals surface area contributed by atoms with Crippen LogP contribution in [0, 0.1) is 11.7 Å². The molecule has 2 aromatic carbocycles. The van der Waals surface area contributed by atoms with Crippen LogP contribution < -0.4 is 0 Å². The number of piperidine rings is 1. The Morgan fingerprint density at radius 1 is 1.14 bits per heavy atom. The number of benzene rings is 2. The van der Waals surface area contributed by atoms with Crippen molar-refractivity contribution in [2.45, 2.75) is 25.6 Å². The van der Waals surface area contributed by atoms with Crippen LogP contribution in [0.4, 0.5) is 4.39 Å². The summed E-state index contributed by atoms with van der Waals surface area (Å²) in [6.07, 6.45) is 1.50. The Kier molecular flexibility index (Phi) is 7.46. The number of ketones is 1. The Hall–Kier alpha value is -1.31. The van der Waals surface area contributed by atoms with Crippen molar-refractivity contribution in [1.29, 1.82) is 0 Å². The fourth-order valence-electron chi connectivity index (χ4n) is 4.22. The number of rotatable bonds is 5. The monoisotopic (exact) mass is 482 g/mol. The molecule has 4 nitrogen and oxygen atoms in total. The second-order valence-corrected chi connectivity index (χ2v) is 8.71. The third-order valence-corrected chi connectivity index (χ3v) is 6.33. The van der Waals surface area contributed by atoms with Crippen LogP contribution in [0.1, 0.15) is 40.6 Å². The maximum absolute atomic E-state index is 13.0. The summed E-state index contributed by atoms with van der Waals surface area (Å²) in [6.45, 7) is 3.77. The molecule has 0 radical (unpaired) electrons. The van der Waals surface area contributed by atoms with Crippen molar-refractivity contribution in [3.8, 4) is 0 Å². The van der Waals surface area contributed by atoms with E-state index in [0.29, 0.717) is 18.0 Å². The lowest BCUT2D eigenvalue weighted by Gasteiger charge is -2.34. The van der Waals surface area contributed by atoms with Crippen molar-refractivity contribution < 1.29 is 14.3 Å². The number of carbonyl (C=O) groups excluding carboxylic acids is 1. The lowest BCUT2D eigenvalue weighted by molar-refractivity contribution is -0.00352. The Morgan fingerprint density at radius 3 is 2.52 bits per heavy atom. The number of nitrogens with zero attached hydrogens (tertiary/aromatic N) is 2. The van der Waals surface area contributed by atoms with Crippen LogP contribution in [0.5, 0.6) is 0 Å². The molecule has 2 heterocycles. The van der Waals surface area contributed by atoms with E-state index in [4.69, 9.17) is 0 Å². The van der Waals surface area contributed by atoms with E-state index < -0.39 is 6.23 Å². The Balaban J connectivity index is 0.00000240. The van der Waals surface area contributed by atoms with Gasteiger partial charge in [0, 0.05) is 23.1 Å². The smallest absolute Gasteiger partial charge is 0.176 e. The van der Waals surface area contributed by atoms with Gasteiger partial charge in [-0.25, -0.2) is 4.39 Å². The van der Waals surface area contributed by atoms with Crippen molar-refractivity contribution in [2.75, 3.05) is 26.2 Å². The van der Waals surface area contributed by atoms with Crippen LogP contribution in [-0.4, -0.2) is 46.9 Å². The first-order valence-electron chi connectivity index (χ1n) is 9.71. The van der Waals surface area contributed by atoms with E-state index in [9.17, 15) is 14.3 Å². The molecule has 1 saturated heterocycles. The third kappa shape index (κ3) is 5.25. The molecule has 2 aromatic rings. The Labute approximate surface area is 185 Å². The predicted octanol–water partition coefficient (Wildman–Crippen LogP) is 4.41. The SMILES string of the molecule is Cl.O=C(CN1CCC(CN2Cc3cc(Br)ccc3C2O)CC1)c1ccc(F)cc1. The first-order chi connectivity index (χ1) is 13.5. The molecule has 2 aliphatic rings. The standard InChI is InChI=1S/C22H24BrFN2O2.ClH/c23-18-3-6-20-17(11-18)13-26(22(20)28)12-15-7-9-25(10-8-15)14-21(27)16-1-4-19(24)5-2-16;/h1-6,11,15,22,28H,7-10,12-14H2;1H. The lowest BCUT2D eigenvalue weighted by Crippen LogP contribution is -2.40. The van der Waals surface area contributed by atoms with Gasteiger partial charge in [0.2, 0.25) is 0 Å². The highest BCUT2D eigenvalue weighted by molar-refractivity contribution is 9.10. The summed E-state index contributed by atoms with van der Waals surface area (Å²) in [5.41, 5.74) is 2.75. The van der Waals surface area contributed by atoms with Gasteiger partial charge >= 0.3 is 0 Å². The number of Topliss-reactive ketones (excluding diaryl/α,β-unsaturated/α-hetero) is 1. The fourth-order valence-corrected chi connectivity index (χ4v) is 4.63. The van der Waals surface area contributed by atoms with Gasteiger partial charge in [-0.1, -0.05) is 22.0 Å². The van der Waals surface area contributed by atoms with E-state index in [1.807, 2.05) is 12.1 Å². The highest BCUT2D eigenvalue weighted by Gasteiger charge is 2.31. The highest BCUT2D eigenvalue weighted by atomic mass is 79.9. The van der Waals surface area contributed by atoms with E-state index in [2.05, 4.69) is 31.8 Å². The normalized spacial score (nSPS) is 20.3. The number of carbonyl (C=O) groups is 1. The molecule has 1 N–H and O–H groups in total. The zero-order valence-electron chi connectivity index (χ0n) is 16.1. The molecule has 1 unspecified atom stereocenters. The molecule has 0 aliphatic carbocycles. The van der Waals surface area contributed by atoms with E-state index >= 15 is 0 Å². The summed E-state index contributed by atoms with van der Waals surface area (Å²) in [7, 11) is 0. The van der Waals surface area contributed by atoms with Crippen LogP contribution in [0.3, 0.4) is 0 Å². The number of hydrogen-bond donors (Lipinski definition) is 1. The van der Waals surface area contributed by atoms with Crippen LogP contribution in [-0.2, 0) is 6.54 Å². The summed E-state index contributed by atoms with van der Waals surface area (Å²) in [6, 6.07) is 11.8. The fraction of sp³-hybridized carbons (Fsp3) is 0.409. The number of fused-ring (bicyclic) bond motifs is 1. The van der Waals surface area contributed by atoms with Crippen LogP contribution in [0.15, 0.2) is 46.9 Å². The van der Waals surface area contributed by atoms with Gasteiger partial charge in [0.1, 0.15) is 12.0 Å². The van der Waals surface area contributed by atoms with Crippen molar-refractivity contribution in [3.05, 3.63) is 69.4 Å². The molecule has 1 atom stereocenters. The minimum absolute atomic E-state index is 0. The average molecular weight is 484 g/mol. The number of hydrogen-bond acceptors (Lipinski definition) is 4. The molecule has 156 valence electrons. The number of aliphatic hydroxyl groups excluding tert-OH is 1. The Bertz CT molecular complexity index is 856. The van der Waals surface area contributed by atoms with Crippen molar-refractivity contribution in [3.63, 3.8) is 0 Å². The molecular weight excluding hydrogens is 459 g/mol. The summed E-state index contributed by atoms with van der Waals surface area (Å²) < 4.78 is 14.0. The summed E-state index contributed by atoms with van der Waals surface area (Å²) in [5.74, 6) is 0.231. The zero-order valence-corrected chi connectivity index (χ0v) is 18.5. The Morgan fingerprint density at radius 2 is 1.83 bits per heavy atom. The second kappa shape index (κ2) is 9.67. The van der Waals surface area contributed by atoms with Gasteiger partial charge in [0.25, 0.3) is 0 Å². The van der Waals surface area contributed by atoms with Crippen molar-refractivity contribution >= 4 is 34.1 Å². The quantitative estimate of drug-likeness (QED) is 0.640. The van der Waals surface area contributed by atoms with E-state index in [1.165, 1.54) is 17.7 Å². The predicted molar refractivity (Wildman–Crippen MR) is 117 cm³/mol. The van der Waals surface area contributed by atoms with Gasteiger partial charge in [-0.2, -0.15) is 0 Å². The molecule has 0 bridgehead atoms.